The number of nitrogens with zero attached hydrogens (tertiary/aromatic N) is 4. The largest absolute Gasteiger partial charge is 0.367 e. The van der Waals surface area contributed by atoms with Gasteiger partial charge in [0.25, 0.3) is 0 Å². The van der Waals surface area contributed by atoms with Crippen LogP contribution in [-0.4, -0.2) is 26.0 Å². The van der Waals surface area contributed by atoms with Crippen LogP contribution in [0, 0.1) is 6.92 Å². The normalized spacial score (nSPS) is 11.4. The van der Waals surface area contributed by atoms with E-state index in [-0.39, 0.29) is 12.4 Å². The molecule has 3 rings (SSSR count). The molecule has 0 aliphatic heterocycles. The van der Waals surface area contributed by atoms with Crippen molar-refractivity contribution in [3.05, 3.63) is 41.7 Å². The number of hydrogen-bond donors (Lipinski definition) is 1. The van der Waals surface area contributed by atoms with Gasteiger partial charge in [0.2, 0.25) is 12.4 Å². The molecule has 0 radical (unpaired) electrons. The van der Waals surface area contributed by atoms with Crippen LogP contribution in [-0.2, 0) is 6.42 Å². The van der Waals surface area contributed by atoms with Gasteiger partial charge in [0.1, 0.15) is 0 Å². The van der Waals surface area contributed by atoms with E-state index in [2.05, 4.69) is 15.1 Å². The van der Waals surface area contributed by atoms with Gasteiger partial charge in [0, 0.05) is 12.6 Å². The van der Waals surface area contributed by atoms with Crippen LogP contribution in [0.5, 0.6) is 0 Å². The Hall–Kier alpha value is -2.57. The Balaban J connectivity index is 2.25. The smallest absolute Gasteiger partial charge is 0.242 e. The molecular formula is C14H13F2N5. The molecular weight excluding hydrogens is 276 g/mol. The summed E-state index contributed by atoms with van der Waals surface area (Å²) in [4.78, 5) is 8.19. The predicted molar refractivity (Wildman–Crippen MR) is 75.1 cm³/mol. The van der Waals surface area contributed by atoms with Gasteiger partial charge in [-0.15, -0.1) is 5.10 Å². The van der Waals surface area contributed by atoms with Crippen LogP contribution in [0.15, 0.2) is 30.6 Å². The van der Waals surface area contributed by atoms with Gasteiger partial charge in [-0.1, -0.05) is 6.07 Å². The molecule has 0 unspecified atom stereocenters. The first-order valence-electron chi connectivity index (χ1n) is 6.39. The van der Waals surface area contributed by atoms with E-state index in [0.29, 0.717) is 22.5 Å². The maximum Gasteiger partial charge on any atom is 0.242 e. The summed E-state index contributed by atoms with van der Waals surface area (Å²) in [7, 11) is 0. The molecule has 3 aromatic rings. The van der Waals surface area contributed by atoms with Crippen LogP contribution in [0.1, 0.15) is 11.1 Å². The molecule has 0 saturated heterocycles. The summed E-state index contributed by atoms with van der Waals surface area (Å²) in [6.07, 6.45) is 0.381. The molecule has 7 heteroatoms. The Labute approximate surface area is 119 Å². The van der Waals surface area contributed by atoms with Gasteiger partial charge in [0.15, 0.2) is 0 Å². The number of anilines is 1. The fourth-order valence-corrected chi connectivity index (χ4v) is 2.24. The van der Waals surface area contributed by atoms with Crippen LogP contribution in [0.2, 0.25) is 0 Å². The highest BCUT2D eigenvalue weighted by Gasteiger charge is 2.18. The van der Waals surface area contributed by atoms with Crippen LogP contribution < -0.4 is 5.73 Å². The van der Waals surface area contributed by atoms with Gasteiger partial charge in [-0.2, -0.15) is 0 Å². The van der Waals surface area contributed by atoms with Gasteiger partial charge < -0.3 is 5.73 Å². The summed E-state index contributed by atoms with van der Waals surface area (Å²) in [5.74, 6) is 0.0788. The molecule has 3 heterocycles. The van der Waals surface area contributed by atoms with Crippen molar-refractivity contribution in [1.29, 1.82) is 0 Å². The molecule has 3 aromatic heterocycles. The molecule has 0 saturated carbocycles. The van der Waals surface area contributed by atoms with Crippen molar-refractivity contribution in [2.45, 2.75) is 19.8 Å². The van der Waals surface area contributed by atoms with Gasteiger partial charge in [-0.05, 0) is 30.2 Å². The summed E-state index contributed by atoms with van der Waals surface area (Å²) in [6, 6.07) is 5.30. The Morgan fingerprint density at radius 2 is 2.05 bits per heavy atom. The number of nitrogens with two attached hydrogens (primary N) is 1. The maximum absolute atomic E-state index is 12.8. The zero-order valence-corrected chi connectivity index (χ0v) is 11.3. The number of aryl methyl sites for hydroxylation is 1. The highest BCUT2D eigenvalue weighted by Crippen LogP contribution is 2.27. The minimum Gasteiger partial charge on any atom is -0.367 e. The van der Waals surface area contributed by atoms with Crippen molar-refractivity contribution in [1.82, 2.24) is 19.6 Å². The molecule has 108 valence electrons. The van der Waals surface area contributed by atoms with Crippen molar-refractivity contribution in [3.8, 4) is 11.4 Å². The maximum atomic E-state index is 12.8. The highest BCUT2D eigenvalue weighted by atomic mass is 19.3. The van der Waals surface area contributed by atoms with Gasteiger partial charge >= 0.3 is 0 Å². The monoisotopic (exact) mass is 289 g/mol. The first-order chi connectivity index (χ1) is 10.0. The zero-order valence-electron chi connectivity index (χ0n) is 11.3. The van der Waals surface area contributed by atoms with E-state index in [4.69, 9.17) is 5.73 Å². The van der Waals surface area contributed by atoms with E-state index in [1.165, 1.54) is 10.7 Å². The summed E-state index contributed by atoms with van der Waals surface area (Å²) < 4.78 is 27.1. The predicted octanol–water partition coefficient (Wildman–Crippen LogP) is 2.49. The summed E-state index contributed by atoms with van der Waals surface area (Å²) in [5, 5.41) is 4.10. The lowest BCUT2D eigenvalue weighted by atomic mass is 10.1. The summed E-state index contributed by atoms with van der Waals surface area (Å²) in [5.41, 5.74) is 8.77. The number of hydrogen-bond acceptors (Lipinski definition) is 4. The lowest BCUT2D eigenvalue weighted by Crippen LogP contribution is -2.04. The highest BCUT2D eigenvalue weighted by molar-refractivity contribution is 5.68. The molecule has 0 bridgehead atoms. The van der Waals surface area contributed by atoms with Crippen LogP contribution >= 0.6 is 0 Å². The number of aromatic nitrogens is 4. The molecule has 0 amide bonds. The number of fused-ring (bicyclic) bond motifs is 1. The lowest BCUT2D eigenvalue weighted by molar-refractivity contribution is 0.149. The van der Waals surface area contributed by atoms with E-state index < -0.39 is 6.43 Å². The molecule has 21 heavy (non-hydrogen) atoms. The van der Waals surface area contributed by atoms with Crippen LogP contribution in [0.25, 0.3) is 16.9 Å². The minimum absolute atomic E-state index is 0.0788. The number of halogens is 2. The summed E-state index contributed by atoms with van der Waals surface area (Å²) >= 11 is 0. The molecule has 0 atom stereocenters. The molecule has 0 fully saturated rings. The average molecular weight is 289 g/mol. The molecule has 0 spiro atoms. The lowest BCUT2D eigenvalue weighted by Gasteiger charge is -2.06. The van der Waals surface area contributed by atoms with Crippen molar-refractivity contribution < 1.29 is 8.78 Å². The SMILES string of the molecule is Cc1ccc(-c2c(CC(F)F)cc3cnc(N)nn23)nc1. The summed E-state index contributed by atoms with van der Waals surface area (Å²) in [6.45, 7) is 1.91. The molecule has 0 aliphatic carbocycles. The Kier molecular flexibility index (Phi) is 3.25. The fourth-order valence-electron chi connectivity index (χ4n) is 2.24. The van der Waals surface area contributed by atoms with Crippen LogP contribution in [0.3, 0.4) is 0 Å². The topological polar surface area (TPSA) is 69.1 Å². The third kappa shape index (κ3) is 2.54. The molecule has 5 nitrogen and oxygen atoms in total. The zero-order chi connectivity index (χ0) is 15.0. The van der Waals surface area contributed by atoms with E-state index in [9.17, 15) is 8.78 Å². The number of nitrogen functional groups attached to an aromatic ring is 1. The van der Waals surface area contributed by atoms with Gasteiger partial charge in [0.05, 0.1) is 23.1 Å². The second-order valence-electron chi connectivity index (χ2n) is 4.79. The molecule has 0 aromatic carbocycles. The number of alkyl halides is 2. The van der Waals surface area contributed by atoms with Crippen molar-refractivity contribution in [2.24, 2.45) is 0 Å². The Morgan fingerprint density at radius 1 is 1.24 bits per heavy atom. The average Bonchev–Trinajstić information content (AvgIpc) is 2.76. The molecule has 2 N–H and O–H groups in total. The Bertz CT molecular complexity index is 780. The van der Waals surface area contributed by atoms with Gasteiger partial charge in [-0.25, -0.2) is 18.3 Å². The quantitative estimate of drug-likeness (QED) is 0.804. The standard InChI is InChI=1S/C14H13F2N5/c1-8-2-3-11(18-6-8)13-9(5-12(15)16)4-10-7-19-14(17)20-21(10)13/h2-4,6-7,12H,5H2,1H3,(H2,17,20). The second-order valence-corrected chi connectivity index (χ2v) is 4.79. The minimum atomic E-state index is -2.45. The van der Waals surface area contributed by atoms with Crippen LogP contribution in [0.4, 0.5) is 14.7 Å². The third-order valence-electron chi connectivity index (χ3n) is 3.14. The Morgan fingerprint density at radius 3 is 2.71 bits per heavy atom. The second kappa shape index (κ2) is 5.08. The van der Waals surface area contributed by atoms with E-state index >= 15 is 0 Å². The van der Waals surface area contributed by atoms with Crippen molar-refractivity contribution in [3.63, 3.8) is 0 Å². The molecule has 0 aliphatic rings. The fraction of sp³-hybridized carbons (Fsp3) is 0.214. The van der Waals surface area contributed by atoms with Gasteiger partial charge in [-0.3, -0.25) is 4.98 Å². The first kappa shape index (κ1) is 13.4. The van der Waals surface area contributed by atoms with E-state index in [1.807, 2.05) is 13.0 Å². The van der Waals surface area contributed by atoms with Crippen molar-refractivity contribution in [2.75, 3.05) is 5.73 Å². The van der Waals surface area contributed by atoms with E-state index in [1.54, 1.807) is 18.3 Å². The first-order valence-corrected chi connectivity index (χ1v) is 6.39. The van der Waals surface area contributed by atoms with Crippen molar-refractivity contribution >= 4 is 11.5 Å². The number of pyridine rings is 1. The van der Waals surface area contributed by atoms with E-state index in [0.717, 1.165) is 5.56 Å². The third-order valence-corrected chi connectivity index (χ3v) is 3.14. The number of rotatable bonds is 3.